The number of benzene rings is 1. The summed E-state index contributed by atoms with van der Waals surface area (Å²) >= 11 is 17.6. The van der Waals surface area contributed by atoms with Gasteiger partial charge in [-0.2, -0.15) is 0 Å². The Hall–Kier alpha value is -0.810. The van der Waals surface area contributed by atoms with E-state index in [1.165, 1.54) is 11.1 Å². The van der Waals surface area contributed by atoms with Gasteiger partial charge in [-0.3, -0.25) is 0 Å². The van der Waals surface area contributed by atoms with E-state index < -0.39 is 0 Å². The fraction of sp³-hybridized carbons (Fsp3) is 0.357. The van der Waals surface area contributed by atoms with Crippen molar-refractivity contribution in [3.8, 4) is 0 Å². The van der Waals surface area contributed by atoms with Crippen molar-refractivity contribution < 1.29 is 0 Å². The highest BCUT2D eigenvalue weighted by atomic mass is 35.5. The molecule has 1 atom stereocenters. The van der Waals surface area contributed by atoms with Crippen LogP contribution in [0.3, 0.4) is 0 Å². The van der Waals surface area contributed by atoms with Gasteiger partial charge in [0.25, 0.3) is 0 Å². The molecule has 1 heterocycles. The summed E-state index contributed by atoms with van der Waals surface area (Å²) in [6.07, 6.45) is 4.82. The fourth-order valence-electron chi connectivity index (χ4n) is 2.92. The Morgan fingerprint density at radius 3 is 2.70 bits per heavy atom. The van der Waals surface area contributed by atoms with Gasteiger partial charge < -0.3 is 15.3 Å². The molecule has 1 aromatic carbocycles. The smallest absolute Gasteiger partial charge is 0.177 e. The molecular weight excluding hydrogens is 313 g/mol. The largest absolute Gasteiger partial charge is 0.337 e. The molecule has 0 fully saturated rings. The third-order valence-electron chi connectivity index (χ3n) is 3.91. The summed E-state index contributed by atoms with van der Waals surface area (Å²) in [5, 5.41) is 1.24. The molecule has 0 aliphatic heterocycles. The maximum atomic E-state index is 6.12. The number of aromatic amines is 1. The molecule has 1 aromatic heterocycles. The molecule has 2 aromatic rings. The van der Waals surface area contributed by atoms with Crippen molar-refractivity contribution in [3.05, 3.63) is 50.0 Å². The van der Waals surface area contributed by atoms with Gasteiger partial charge in [0.1, 0.15) is 0 Å². The number of nitrogens with zero attached hydrogens (tertiary/aromatic N) is 1. The molecule has 20 heavy (non-hydrogen) atoms. The number of hydrogen-bond acceptors (Lipinski definition) is 2. The monoisotopic (exact) mass is 327 g/mol. The first-order chi connectivity index (χ1) is 9.60. The van der Waals surface area contributed by atoms with Gasteiger partial charge in [0, 0.05) is 18.8 Å². The van der Waals surface area contributed by atoms with Crippen LogP contribution in [-0.4, -0.2) is 9.55 Å². The number of fused-ring (bicyclic) bond motifs is 1. The summed E-state index contributed by atoms with van der Waals surface area (Å²) in [6, 6.07) is 4.29. The van der Waals surface area contributed by atoms with Gasteiger partial charge in [0.15, 0.2) is 4.77 Å². The van der Waals surface area contributed by atoms with Crippen molar-refractivity contribution in [1.82, 2.24) is 9.55 Å². The Kier molecular flexibility index (Phi) is 3.91. The Morgan fingerprint density at radius 2 is 2.00 bits per heavy atom. The number of nitrogens with two attached hydrogens (primary N) is 1. The first kappa shape index (κ1) is 14.1. The zero-order valence-electron chi connectivity index (χ0n) is 10.8. The second kappa shape index (κ2) is 5.53. The molecular formula is C14H15Cl2N3S. The molecule has 3 N–H and O–H groups in total. The molecule has 1 aliphatic carbocycles. The molecule has 0 bridgehead atoms. The molecule has 6 heteroatoms. The van der Waals surface area contributed by atoms with Gasteiger partial charge in [-0.05, 0) is 54.7 Å². The fourth-order valence-corrected chi connectivity index (χ4v) is 3.62. The number of rotatable bonds is 2. The number of halogens is 2. The van der Waals surface area contributed by atoms with Gasteiger partial charge >= 0.3 is 0 Å². The van der Waals surface area contributed by atoms with Crippen molar-refractivity contribution in [3.63, 3.8) is 0 Å². The summed E-state index contributed by atoms with van der Waals surface area (Å²) < 4.78 is 2.87. The van der Waals surface area contributed by atoms with Crippen LogP contribution in [0, 0.1) is 4.77 Å². The standard InChI is InChI=1S/C14H15Cl2N3S/c15-12-4-8-1-2-10(3-9(8)5-13(12)16)19-11(6-17)7-18-14(19)20/h4-5,7,10H,1-3,6,17H2,(H,18,20). The topological polar surface area (TPSA) is 46.7 Å². The zero-order chi connectivity index (χ0) is 14.3. The Labute approximate surface area is 132 Å². The van der Waals surface area contributed by atoms with Gasteiger partial charge in [-0.25, -0.2) is 0 Å². The molecule has 3 rings (SSSR count). The van der Waals surface area contributed by atoms with E-state index in [1.54, 1.807) is 0 Å². The molecule has 0 radical (unpaired) electrons. The van der Waals surface area contributed by atoms with Crippen LogP contribution in [0.15, 0.2) is 18.3 Å². The Balaban J connectivity index is 1.98. The second-order valence-electron chi connectivity index (χ2n) is 5.09. The minimum atomic E-state index is 0.331. The Morgan fingerprint density at radius 1 is 1.30 bits per heavy atom. The van der Waals surface area contributed by atoms with Crippen molar-refractivity contribution in [2.24, 2.45) is 5.73 Å². The van der Waals surface area contributed by atoms with Crippen LogP contribution in [0.5, 0.6) is 0 Å². The first-order valence-electron chi connectivity index (χ1n) is 6.55. The van der Waals surface area contributed by atoms with E-state index in [-0.39, 0.29) is 0 Å². The normalized spacial score (nSPS) is 18.1. The lowest BCUT2D eigenvalue weighted by Crippen LogP contribution is -2.21. The number of hydrogen-bond donors (Lipinski definition) is 2. The van der Waals surface area contributed by atoms with E-state index in [2.05, 4.69) is 9.55 Å². The maximum absolute atomic E-state index is 6.12. The second-order valence-corrected chi connectivity index (χ2v) is 6.29. The third kappa shape index (κ3) is 2.42. The highest BCUT2D eigenvalue weighted by Crippen LogP contribution is 2.34. The van der Waals surface area contributed by atoms with E-state index in [4.69, 9.17) is 41.2 Å². The molecule has 3 nitrogen and oxygen atoms in total. The number of aryl methyl sites for hydroxylation is 1. The average Bonchev–Trinajstić information content (AvgIpc) is 2.81. The minimum absolute atomic E-state index is 0.331. The van der Waals surface area contributed by atoms with Crippen molar-refractivity contribution >= 4 is 35.4 Å². The van der Waals surface area contributed by atoms with Gasteiger partial charge in [-0.1, -0.05) is 23.2 Å². The van der Waals surface area contributed by atoms with Crippen LogP contribution in [0.1, 0.15) is 29.3 Å². The van der Waals surface area contributed by atoms with Crippen molar-refractivity contribution in [1.29, 1.82) is 0 Å². The lowest BCUT2D eigenvalue weighted by molar-refractivity contribution is 0.427. The van der Waals surface area contributed by atoms with Gasteiger partial charge in [-0.15, -0.1) is 0 Å². The number of aromatic nitrogens is 2. The van der Waals surface area contributed by atoms with Gasteiger partial charge in [0.05, 0.1) is 15.7 Å². The molecule has 0 saturated heterocycles. The molecule has 0 amide bonds. The zero-order valence-corrected chi connectivity index (χ0v) is 13.2. The maximum Gasteiger partial charge on any atom is 0.177 e. The predicted octanol–water partition coefficient (Wildman–Crippen LogP) is 4.04. The summed E-state index contributed by atoms with van der Waals surface area (Å²) in [5.41, 5.74) is 9.36. The molecule has 1 aliphatic rings. The summed E-state index contributed by atoms with van der Waals surface area (Å²) in [4.78, 5) is 3.08. The van der Waals surface area contributed by atoms with Crippen molar-refractivity contribution in [2.45, 2.75) is 31.8 Å². The van der Waals surface area contributed by atoms with Crippen LogP contribution in [0.25, 0.3) is 0 Å². The number of H-pyrrole nitrogens is 1. The Bertz CT molecular complexity index is 705. The molecule has 1 unspecified atom stereocenters. The third-order valence-corrected chi connectivity index (χ3v) is 4.95. The summed E-state index contributed by atoms with van der Waals surface area (Å²) in [5.74, 6) is 0. The highest BCUT2D eigenvalue weighted by molar-refractivity contribution is 7.71. The van der Waals surface area contributed by atoms with E-state index in [9.17, 15) is 0 Å². The molecule has 0 saturated carbocycles. The van der Waals surface area contributed by atoms with Gasteiger partial charge in [0.2, 0.25) is 0 Å². The predicted molar refractivity (Wildman–Crippen MR) is 85.0 cm³/mol. The quantitative estimate of drug-likeness (QED) is 0.817. The summed E-state index contributed by atoms with van der Waals surface area (Å²) in [6.45, 7) is 0.484. The van der Waals surface area contributed by atoms with E-state index in [1.807, 2.05) is 18.3 Å². The summed E-state index contributed by atoms with van der Waals surface area (Å²) in [7, 11) is 0. The van der Waals surface area contributed by atoms with Crippen LogP contribution < -0.4 is 5.73 Å². The molecule has 106 valence electrons. The van der Waals surface area contributed by atoms with E-state index >= 15 is 0 Å². The lowest BCUT2D eigenvalue weighted by Gasteiger charge is -2.27. The lowest BCUT2D eigenvalue weighted by atomic mass is 9.88. The number of imidazole rings is 1. The number of nitrogens with one attached hydrogen (secondary N) is 1. The highest BCUT2D eigenvalue weighted by Gasteiger charge is 2.23. The van der Waals surface area contributed by atoms with Crippen LogP contribution >= 0.6 is 35.4 Å². The SMILES string of the molecule is NCc1c[nH]c(=S)n1C1CCc2cc(Cl)c(Cl)cc2C1. The average molecular weight is 328 g/mol. The van der Waals surface area contributed by atoms with Crippen molar-refractivity contribution in [2.75, 3.05) is 0 Å². The van der Waals surface area contributed by atoms with Crippen LogP contribution in [0.2, 0.25) is 10.0 Å². The van der Waals surface area contributed by atoms with Crippen LogP contribution in [0.4, 0.5) is 0 Å². The van der Waals surface area contributed by atoms with E-state index in [0.717, 1.165) is 29.7 Å². The first-order valence-corrected chi connectivity index (χ1v) is 7.72. The minimum Gasteiger partial charge on any atom is -0.337 e. The van der Waals surface area contributed by atoms with E-state index in [0.29, 0.717) is 22.6 Å². The van der Waals surface area contributed by atoms with Crippen LogP contribution in [-0.2, 0) is 19.4 Å². The molecule has 0 spiro atoms.